The standard InChI is InChI=1S/C19H23N3O4/c1-11(2)15-6-5-12(3)7-17(15)26-10-18(24)21-22-19(25)16-8-14(9-20-16)13(4)23/h5-9,11,20H,10H2,1-4H3,(H,21,24)(H,22,25). The molecule has 0 radical (unpaired) electrons. The molecule has 1 aromatic heterocycles. The van der Waals surface area contributed by atoms with Crippen LogP contribution in [0.1, 0.15) is 58.7 Å². The van der Waals surface area contributed by atoms with Crippen molar-refractivity contribution in [2.24, 2.45) is 0 Å². The molecule has 1 heterocycles. The van der Waals surface area contributed by atoms with Gasteiger partial charge in [0.1, 0.15) is 11.4 Å². The summed E-state index contributed by atoms with van der Waals surface area (Å²) in [6, 6.07) is 7.27. The van der Waals surface area contributed by atoms with Crippen LogP contribution < -0.4 is 15.6 Å². The number of H-pyrrole nitrogens is 1. The highest BCUT2D eigenvalue weighted by Gasteiger charge is 2.13. The molecule has 0 spiro atoms. The van der Waals surface area contributed by atoms with Gasteiger partial charge in [-0.25, -0.2) is 0 Å². The van der Waals surface area contributed by atoms with Crippen LogP contribution in [0.4, 0.5) is 0 Å². The number of aromatic amines is 1. The van der Waals surface area contributed by atoms with Crippen LogP contribution in [-0.2, 0) is 4.79 Å². The van der Waals surface area contributed by atoms with Gasteiger partial charge in [0.05, 0.1) is 0 Å². The normalized spacial score (nSPS) is 10.5. The lowest BCUT2D eigenvalue weighted by molar-refractivity contribution is -0.123. The molecule has 7 heteroatoms. The van der Waals surface area contributed by atoms with Crippen LogP contribution in [0.25, 0.3) is 0 Å². The fourth-order valence-electron chi connectivity index (χ4n) is 2.35. The van der Waals surface area contributed by atoms with E-state index in [4.69, 9.17) is 4.74 Å². The van der Waals surface area contributed by atoms with Crippen LogP contribution in [0.5, 0.6) is 5.75 Å². The molecule has 0 aliphatic carbocycles. The Kier molecular flexibility index (Phi) is 6.16. The van der Waals surface area contributed by atoms with Gasteiger partial charge in [0.2, 0.25) is 0 Å². The fourth-order valence-corrected chi connectivity index (χ4v) is 2.35. The highest BCUT2D eigenvalue weighted by molar-refractivity contribution is 5.99. The second kappa shape index (κ2) is 8.33. The van der Waals surface area contributed by atoms with Gasteiger partial charge < -0.3 is 9.72 Å². The number of nitrogens with one attached hydrogen (secondary N) is 3. The number of ketones is 1. The first-order valence-corrected chi connectivity index (χ1v) is 8.29. The Hall–Kier alpha value is -3.09. The molecule has 138 valence electrons. The minimum atomic E-state index is -0.552. The largest absolute Gasteiger partial charge is 0.483 e. The predicted octanol–water partition coefficient (Wildman–Crippen LogP) is 2.49. The van der Waals surface area contributed by atoms with E-state index < -0.39 is 11.8 Å². The number of ether oxygens (including phenoxy) is 1. The van der Waals surface area contributed by atoms with Gasteiger partial charge in [0, 0.05) is 11.8 Å². The number of benzene rings is 1. The summed E-state index contributed by atoms with van der Waals surface area (Å²) in [6.45, 7) is 7.21. The van der Waals surface area contributed by atoms with Gasteiger partial charge >= 0.3 is 0 Å². The summed E-state index contributed by atoms with van der Waals surface area (Å²) in [6.07, 6.45) is 1.44. The lowest BCUT2D eigenvalue weighted by Gasteiger charge is -2.15. The van der Waals surface area contributed by atoms with Gasteiger partial charge in [0.15, 0.2) is 12.4 Å². The van der Waals surface area contributed by atoms with E-state index in [0.717, 1.165) is 11.1 Å². The topological polar surface area (TPSA) is 100 Å². The molecule has 0 aliphatic heterocycles. The summed E-state index contributed by atoms with van der Waals surface area (Å²) in [5.41, 5.74) is 7.17. The lowest BCUT2D eigenvalue weighted by Crippen LogP contribution is -2.44. The summed E-state index contributed by atoms with van der Waals surface area (Å²) in [5.74, 6) is -0.289. The van der Waals surface area contributed by atoms with E-state index in [1.165, 1.54) is 19.2 Å². The Balaban J connectivity index is 1.88. The monoisotopic (exact) mass is 357 g/mol. The van der Waals surface area contributed by atoms with Crippen molar-refractivity contribution in [2.45, 2.75) is 33.6 Å². The number of Topliss-reactive ketones (excluding diaryl/α,β-unsaturated/α-hetero) is 1. The Bertz CT molecular complexity index is 824. The summed E-state index contributed by atoms with van der Waals surface area (Å²) in [7, 11) is 0. The molecular formula is C19H23N3O4. The second-order valence-corrected chi connectivity index (χ2v) is 6.35. The summed E-state index contributed by atoms with van der Waals surface area (Å²) < 4.78 is 5.60. The third kappa shape index (κ3) is 4.95. The molecule has 2 rings (SSSR count). The van der Waals surface area contributed by atoms with Gasteiger partial charge in [-0.15, -0.1) is 0 Å². The van der Waals surface area contributed by atoms with Crippen LogP contribution in [0.15, 0.2) is 30.5 Å². The first-order chi connectivity index (χ1) is 12.3. The van der Waals surface area contributed by atoms with Crippen molar-refractivity contribution in [3.8, 4) is 5.75 Å². The highest BCUT2D eigenvalue weighted by Crippen LogP contribution is 2.27. The van der Waals surface area contributed by atoms with Crippen molar-refractivity contribution >= 4 is 17.6 Å². The van der Waals surface area contributed by atoms with Gasteiger partial charge in [-0.1, -0.05) is 26.0 Å². The summed E-state index contributed by atoms with van der Waals surface area (Å²) in [5, 5.41) is 0. The predicted molar refractivity (Wildman–Crippen MR) is 97.2 cm³/mol. The van der Waals surface area contributed by atoms with E-state index in [2.05, 4.69) is 15.8 Å². The molecule has 26 heavy (non-hydrogen) atoms. The third-order valence-corrected chi connectivity index (χ3v) is 3.80. The Morgan fingerprint density at radius 3 is 2.50 bits per heavy atom. The van der Waals surface area contributed by atoms with Gasteiger partial charge in [-0.2, -0.15) is 0 Å². The van der Waals surface area contributed by atoms with Crippen molar-refractivity contribution in [3.05, 3.63) is 52.8 Å². The quantitative estimate of drug-likeness (QED) is 0.546. The van der Waals surface area contributed by atoms with Crippen molar-refractivity contribution in [3.63, 3.8) is 0 Å². The zero-order chi connectivity index (χ0) is 19.3. The van der Waals surface area contributed by atoms with Crippen molar-refractivity contribution in [2.75, 3.05) is 6.61 Å². The van der Waals surface area contributed by atoms with Crippen LogP contribution in [0.2, 0.25) is 0 Å². The van der Waals surface area contributed by atoms with E-state index in [1.54, 1.807) is 0 Å². The molecule has 0 bridgehead atoms. The number of aromatic nitrogens is 1. The molecule has 0 unspecified atom stereocenters. The highest BCUT2D eigenvalue weighted by atomic mass is 16.5. The van der Waals surface area contributed by atoms with Crippen LogP contribution in [-0.4, -0.2) is 29.2 Å². The summed E-state index contributed by atoms with van der Waals surface area (Å²) in [4.78, 5) is 37.8. The molecule has 0 saturated carbocycles. The summed E-state index contributed by atoms with van der Waals surface area (Å²) >= 11 is 0. The molecule has 2 aromatic rings. The average Bonchev–Trinajstić information content (AvgIpc) is 3.08. The van der Waals surface area contributed by atoms with Crippen LogP contribution >= 0.6 is 0 Å². The molecule has 7 nitrogen and oxygen atoms in total. The number of rotatable bonds is 6. The van der Waals surface area contributed by atoms with Crippen molar-refractivity contribution in [1.29, 1.82) is 0 Å². The Morgan fingerprint density at radius 1 is 1.15 bits per heavy atom. The molecule has 0 aliphatic rings. The Morgan fingerprint density at radius 2 is 1.88 bits per heavy atom. The molecule has 0 fully saturated rings. The maximum atomic E-state index is 11.9. The van der Waals surface area contributed by atoms with Gasteiger partial charge in [0.25, 0.3) is 11.8 Å². The first kappa shape index (κ1) is 19.2. The zero-order valence-electron chi connectivity index (χ0n) is 15.3. The number of hydrogen-bond donors (Lipinski definition) is 3. The Labute approximate surface area is 152 Å². The van der Waals surface area contributed by atoms with E-state index in [0.29, 0.717) is 11.3 Å². The van der Waals surface area contributed by atoms with Crippen molar-refractivity contribution in [1.82, 2.24) is 15.8 Å². The average molecular weight is 357 g/mol. The number of hydrogen-bond acceptors (Lipinski definition) is 4. The number of carbonyl (C=O) groups excluding carboxylic acids is 3. The SMILES string of the molecule is CC(=O)c1c[nH]c(C(=O)NNC(=O)COc2cc(C)ccc2C(C)C)c1. The van der Waals surface area contributed by atoms with E-state index in [-0.39, 0.29) is 24.0 Å². The molecule has 0 saturated heterocycles. The lowest BCUT2D eigenvalue weighted by atomic mass is 10.0. The van der Waals surface area contributed by atoms with Gasteiger partial charge in [-0.3, -0.25) is 25.2 Å². The number of amides is 2. The number of carbonyl (C=O) groups is 3. The van der Waals surface area contributed by atoms with E-state index in [1.807, 2.05) is 39.0 Å². The van der Waals surface area contributed by atoms with Crippen LogP contribution in [0.3, 0.4) is 0 Å². The zero-order valence-corrected chi connectivity index (χ0v) is 15.3. The van der Waals surface area contributed by atoms with E-state index >= 15 is 0 Å². The molecule has 0 atom stereocenters. The fraction of sp³-hybridized carbons (Fsp3) is 0.316. The maximum absolute atomic E-state index is 11.9. The maximum Gasteiger partial charge on any atom is 0.286 e. The number of aryl methyl sites for hydroxylation is 1. The molecule has 2 amide bonds. The minimum Gasteiger partial charge on any atom is -0.483 e. The second-order valence-electron chi connectivity index (χ2n) is 6.35. The van der Waals surface area contributed by atoms with Gasteiger partial charge in [-0.05, 0) is 43.0 Å². The third-order valence-electron chi connectivity index (χ3n) is 3.80. The molecule has 3 N–H and O–H groups in total. The minimum absolute atomic E-state index is 0.156. The van der Waals surface area contributed by atoms with E-state index in [9.17, 15) is 14.4 Å². The first-order valence-electron chi connectivity index (χ1n) is 8.29. The van der Waals surface area contributed by atoms with Crippen molar-refractivity contribution < 1.29 is 19.1 Å². The smallest absolute Gasteiger partial charge is 0.286 e. The van der Waals surface area contributed by atoms with Crippen LogP contribution in [0, 0.1) is 6.92 Å². The molecular weight excluding hydrogens is 334 g/mol. The molecule has 1 aromatic carbocycles. The number of hydrazine groups is 1.